The first-order valence-corrected chi connectivity index (χ1v) is 7.88. The molecule has 0 bridgehead atoms. The van der Waals surface area contributed by atoms with Crippen molar-refractivity contribution in [2.75, 3.05) is 25.5 Å². The third-order valence-corrected chi connectivity index (χ3v) is 4.74. The molecule has 2 unspecified atom stereocenters. The molecule has 2 rings (SSSR count). The zero-order valence-electron chi connectivity index (χ0n) is 12.2. The minimum Gasteiger partial charge on any atom is -0.381 e. The molecule has 0 amide bonds. The molecule has 0 aliphatic carbocycles. The summed E-state index contributed by atoms with van der Waals surface area (Å²) >= 11 is 3.32. The number of nitrogens with one attached hydrogen (secondary N) is 1. The number of likely N-dealkylation sites (tertiary alicyclic amines) is 1. The minimum atomic E-state index is -4.31. The predicted molar refractivity (Wildman–Crippen MR) is 82.4 cm³/mol. The van der Waals surface area contributed by atoms with Crippen molar-refractivity contribution in [2.45, 2.75) is 32.0 Å². The Morgan fingerprint density at radius 1 is 1.38 bits per heavy atom. The van der Waals surface area contributed by atoms with E-state index in [1.165, 1.54) is 12.1 Å². The van der Waals surface area contributed by atoms with Crippen LogP contribution in [-0.2, 0) is 6.18 Å². The normalized spacial score (nSPS) is 22.1. The summed E-state index contributed by atoms with van der Waals surface area (Å²) in [4.78, 5) is 2.27. The van der Waals surface area contributed by atoms with Crippen molar-refractivity contribution < 1.29 is 13.2 Å². The molecule has 1 aromatic carbocycles. The Hall–Kier alpha value is -0.750. The van der Waals surface area contributed by atoms with Gasteiger partial charge in [-0.3, -0.25) is 0 Å². The highest BCUT2D eigenvalue weighted by Gasteiger charge is 2.31. The maximum atomic E-state index is 12.8. The molecule has 2 atom stereocenters. The monoisotopic (exact) mass is 364 g/mol. The Bertz CT molecular complexity index is 490. The van der Waals surface area contributed by atoms with Crippen LogP contribution in [0.3, 0.4) is 0 Å². The smallest absolute Gasteiger partial charge is 0.381 e. The van der Waals surface area contributed by atoms with E-state index < -0.39 is 11.7 Å². The lowest BCUT2D eigenvalue weighted by atomic mass is 9.91. The van der Waals surface area contributed by atoms with Gasteiger partial charge in [-0.25, -0.2) is 0 Å². The summed E-state index contributed by atoms with van der Waals surface area (Å²) < 4.78 is 39.0. The van der Waals surface area contributed by atoms with Gasteiger partial charge in [0, 0.05) is 22.7 Å². The maximum Gasteiger partial charge on any atom is 0.416 e. The number of benzene rings is 1. The molecular weight excluding hydrogens is 345 g/mol. The van der Waals surface area contributed by atoms with E-state index >= 15 is 0 Å². The van der Waals surface area contributed by atoms with Crippen LogP contribution in [0.2, 0.25) is 0 Å². The Labute approximate surface area is 131 Å². The topological polar surface area (TPSA) is 15.3 Å². The van der Waals surface area contributed by atoms with Crippen molar-refractivity contribution in [3.8, 4) is 0 Å². The minimum absolute atomic E-state index is 0.132. The van der Waals surface area contributed by atoms with Gasteiger partial charge in [0.25, 0.3) is 0 Å². The van der Waals surface area contributed by atoms with Crippen LogP contribution in [0.1, 0.15) is 25.3 Å². The number of piperidine rings is 1. The molecule has 0 spiro atoms. The second-order valence-electron chi connectivity index (χ2n) is 5.79. The number of alkyl halides is 3. The number of rotatable bonds is 3. The van der Waals surface area contributed by atoms with Gasteiger partial charge in [-0.1, -0.05) is 0 Å². The van der Waals surface area contributed by atoms with E-state index in [4.69, 9.17) is 0 Å². The second kappa shape index (κ2) is 6.57. The summed E-state index contributed by atoms with van der Waals surface area (Å²) in [5, 5.41) is 3.24. The summed E-state index contributed by atoms with van der Waals surface area (Å²) in [6.45, 7) is 4.11. The highest BCUT2D eigenvalue weighted by molar-refractivity contribution is 9.10. The Kier molecular flexibility index (Phi) is 5.20. The zero-order valence-corrected chi connectivity index (χ0v) is 13.8. The largest absolute Gasteiger partial charge is 0.416 e. The SMILES string of the molecule is CC(Nc1cc(C(F)(F)F)ccc1Br)C1CCCN(C)C1. The molecule has 1 fully saturated rings. The first-order valence-electron chi connectivity index (χ1n) is 7.09. The third-order valence-electron chi connectivity index (χ3n) is 4.04. The fraction of sp³-hybridized carbons (Fsp3) is 0.600. The van der Waals surface area contributed by atoms with Crippen LogP contribution in [0.4, 0.5) is 18.9 Å². The average molecular weight is 365 g/mol. The standard InChI is InChI=1S/C15H20BrF3N2/c1-10(11-4-3-7-21(2)9-11)20-14-8-12(15(17,18)19)5-6-13(14)16/h5-6,8,10-11,20H,3-4,7,9H2,1-2H3. The van der Waals surface area contributed by atoms with Crippen LogP contribution in [-0.4, -0.2) is 31.1 Å². The average Bonchev–Trinajstić information content (AvgIpc) is 2.40. The van der Waals surface area contributed by atoms with Crippen molar-refractivity contribution in [1.82, 2.24) is 4.90 Å². The van der Waals surface area contributed by atoms with Gasteiger partial charge in [0.1, 0.15) is 0 Å². The summed E-state index contributed by atoms with van der Waals surface area (Å²) in [5.41, 5.74) is -0.119. The summed E-state index contributed by atoms with van der Waals surface area (Å²) in [6.07, 6.45) is -2.07. The molecule has 1 N–H and O–H groups in total. The van der Waals surface area contributed by atoms with Gasteiger partial charge in [0.05, 0.1) is 5.56 Å². The van der Waals surface area contributed by atoms with Crippen LogP contribution in [0.5, 0.6) is 0 Å². The molecule has 1 heterocycles. The van der Waals surface area contributed by atoms with Crippen LogP contribution in [0.15, 0.2) is 22.7 Å². The Morgan fingerprint density at radius 2 is 2.10 bits per heavy atom. The van der Waals surface area contributed by atoms with Gasteiger partial charge in [0.15, 0.2) is 0 Å². The summed E-state index contributed by atoms with van der Waals surface area (Å²) in [6, 6.07) is 3.85. The van der Waals surface area contributed by atoms with Crippen molar-refractivity contribution in [2.24, 2.45) is 5.92 Å². The molecule has 1 aliphatic heterocycles. The van der Waals surface area contributed by atoms with Crippen molar-refractivity contribution in [3.05, 3.63) is 28.2 Å². The molecule has 1 aromatic rings. The van der Waals surface area contributed by atoms with E-state index in [1.807, 2.05) is 6.92 Å². The molecule has 1 aliphatic rings. The Morgan fingerprint density at radius 3 is 2.71 bits per heavy atom. The number of nitrogens with zero attached hydrogens (tertiary/aromatic N) is 1. The number of anilines is 1. The quantitative estimate of drug-likeness (QED) is 0.842. The number of halogens is 4. The van der Waals surface area contributed by atoms with E-state index in [0.717, 1.165) is 32.0 Å². The van der Waals surface area contributed by atoms with E-state index in [-0.39, 0.29) is 6.04 Å². The summed E-state index contributed by atoms with van der Waals surface area (Å²) in [5.74, 6) is 0.449. The van der Waals surface area contributed by atoms with Gasteiger partial charge >= 0.3 is 6.18 Å². The number of hydrogen-bond donors (Lipinski definition) is 1. The van der Waals surface area contributed by atoms with Gasteiger partial charge in [0.2, 0.25) is 0 Å². The lowest BCUT2D eigenvalue weighted by molar-refractivity contribution is -0.137. The lowest BCUT2D eigenvalue weighted by Gasteiger charge is -2.34. The predicted octanol–water partition coefficient (Wildman–Crippen LogP) is 4.61. The summed E-state index contributed by atoms with van der Waals surface area (Å²) in [7, 11) is 2.08. The van der Waals surface area contributed by atoms with Crippen molar-refractivity contribution in [3.63, 3.8) is 0 Å². The molecule has 0 radical (unpaired) electrons. The molecule has 118 valence electrons. The number of hydrogen-bond acceptors (Lipinski definition) is 2. The molecule has 6 heteroatoms. The van der Waals surface area contributed by atoms with Crippen LogP contribution < -0.4 is 5.32 Å². The third kappa shape index (κ3) is 4.36. The molecule has 21 heavy (non-hydrogen) atoms. The maximum absolute atomic E-state index is 12.8. The van der Waals surface area contributed by atoms with Crippen molar-refractivity contribution >= 4 is 21.6 Å². The molecule has 2 nitrogen and oxygen atoms in total. The highest BCUT2D eigenvalue weighted by Crippen LogP contribution is 2.34. The van der Waals surface area contributed by atoms with Crippen LogP contribution in [0.25, 0.3) is 0 Å². The fourth-order valence-corrected chi connectivity index (χ4v) is 3.15. The highest BCUT2D eigenvalue weighted by atomic mass is 79.9. The molecule has 1 saturated heterocycles. The van der Waals surface area contributed by atoms with E-state index in [2.05, 4.69) is 33.2 Å². The van der Waals surface area contributed by atoms with E-state index in [0.29, 0.717) is 16.1 Å². The molecule has 0 aromatic heterocycles. The van der Waals surface area contributed by atoms with E-state index in [1.54, 1.807) is 0 Å². The second-order valence-corrected chi connectivity index (χ2v) is 6.64. The van der Waals surface area contributed by atoms with Gasteiger partial charge in [-0.05, 0) is 73.4 Å². The Balaban J connectivity index is 2.11. The van der Waals surface area contributed by atoms with Crippen LogP contribution >= 0.6 is 15.9 Å². The first kappa shape index (κ1) is 16.6. The van der Waals surface area contributed by atoms with Crippen LogP contribution in [0, 0.1) is 5.92 Å². The molecule has 0 saturated carbocycles. The molecular formula is C15H20BrF3N2. The first-order chi connectivity index (χ1) is 9.77. The zero-order chi connectivity index (χ0) is 15.6. The van der Waals surface area contributed by atoms with Gasteiger partial charge in [-0.2, -0.15) is 13.2 Å². The van der Waals surface area contributed by atoms with Crippen molar-refractivity contribution in [1.29, 1.82) is 0 Å². The van der Waals surface area contributed by atoms with Gasteiger partial charge < -0.3 is 10.2 Å². The van der Waals surface area contributed by atoms with Gasteiger partial charge in [-0.15, -0.1) is 0 Å². The van der Waals surface area contributed by atoms with E-state index in [9.17, 15) is 13.2 Å². The lowest BCUT2D eigenvalue weighted by Crippen LogP contribution is -2.39. The fourth-order valence-electron chi connectivity index (χ4n) is 2.79.